The van der Waals surface area contributed by atoms with Crippen molar-refractivity contribution in [2.75, 3.05) is 22.9 Å². The Morgan fingerprint density at radius 1 is 1.00 bits per heavy atom. The number of halogens is 2. The highest BCUT2D eigenvalue weighted by Gasteiger charge is 2.27. The van der Waals surface area contributed by atoms with E-state index < -0.39 is 6.04 Å². The summed E-state index contributed by atoms with van der Waals surface area (Å²) >= 11 is 0. The molecule has 0 bridgehead atoms. The van der Waals surface area contributed by atoms with Crippen LogP contribution in [-0.4, -0.2) is 25.0 Å². The van der Waals surface area contributed by atoms with E-state index in [4.69, 9.17) is 5.73 Å². The molecule has 0 fully saturated rings. The van der Waals surface area contributed by atoms with Crippen LogP contribution in [0.15, 0.2) is 54.6 Å². The van der Waals surface area contributed by atoms with Gasteiger partial charge in [0.05, 0.1) is 17.4 Å². The summed E-state index contributed by atoms with van der Waals surface area (Å²) in [6.07, 6.45) is 1.59. The van der Waals surface area contributed by atoms with Gasteiger partial charge in [-0.1, -0.05) is 49.4 Å². The Morgan fingerprint density at radius 2 is 1.62 bits per heavy atom. The molecule has 0 radical (unpaired) electrons. The maximum atomic E-state index is 12.7. The number of benzene rings is 2. The normalized spacial score (nSPS) is 14.4. The van der Waals surface area contributed by atoms with Crippen molar-refractivity contribution >= 4 is 42.1 Å². The first-order valence-corrected chi connectivity index (χ1v) is 8.65. The predicted molar refractivity (Wildman–Crippen MR) is 114 cm³/mol. The van der Waals surface area contributed by atoms with Crippen molar-refractivity contribution < 1.29 is 4.79 Å². The lowest BCUT2D eigenvalue weighted by Crippen LogP contribution is -2.43. The average Bonchev–Trinajstić information content (AvgIpc) is 2.81. The summed E-state index contributed by atoms with van der Waals surface area (Å²) in [4.78, 5) is 16.9. The highest BCUT2D eigenvalue weighted by Crippen LogP contribution is 2.33. The second-order valence-corrected chi connectivity index (χ2v) is 6.25. The van der Waals surface area contributed by atoms with Crippen molar-refractivity contribution in [1.29, 1.82) is 0 Å². The lowest BCUT2D eigenvalue weighted by Gasteiger charge is -2.28. The molecule has 1 aliphatic heterocycles. The fraction of sp³-hybridized carbons (Fsp3) is 0.350. The van der Waals surface area contributed by atoms with Gasteiger partial charge in [0.1, 0.15) is 0 Å². The van der Waals surface area contributed by atoms with Crippen molar-refractivity contribution in [2.45, 2.75) is 32.4 Å². The van der Waals surface area contributed by atoms with Gasteiger partial charge in [-0.25, -0.2) is 0 Å². The van der Waals surface area contributed by atoms with E-state index in [0.29, 0.717) is 6.42 Å². The molecule has 2 N–H and O–H groups in total. The molecule has 0 aromatic heterocycles. The molecule has 4 nitrogen and oxygen atoms in total. The third-order valence-corrected chi connectivity index (χ3v) is 4.56. The van der Waals surface area contributed by atoms with E-state index in [1.165, 1.54) is 5.56 Å². The van der Waals surface area contributed by atoms with Gasteiger partial charge >= 0.3 is 0 Å². The summed E-state index contributed by atoms with van der Waals surface area (Å²) in [7, 11) is 0. The molecule has 1 heterocycles. The van der Waals surface area contributed by atoms with Gasteiger partial charge in [-0.15, -0.1) is 24.8 Å². The molecule has 0 spiro atoms. The molecule has 1 aliphatic rings. The number of fused-ring (bicyclic) bond motifs is 1. The van der Waals surface area contributed by atoms with E-state index in [-0.39, 0.29) is 30.7 Å². The summed E-state index contributed by atoms with van der Waals surface area (Å²) in [6, 6.07) is 18.2. The van der Waals surface area contributed by atoms with Crippen molar-refractivity contribution in [3.05, 3.63) is 60.2 Å². The lowest BCUT2D eigenvalue weighted by molar-refractivity contribution is -0.119. The maximum Gasteiger partial charge on any atom is 0.243 e. The number of amides is 1. The van der Waals surface area contributed by atoms with Crippen LogP contribution in [0.4, 0.5) is 11.4 Å². The van der Waals surface area contributed by atoms with E-state index in [0.717, 1.165) is 37.4 Å². The summed E-state index contributed by atoms with van der Waals surface area (Å²) < 4.78 is 0. The summed E-state index contributed by atoms with van der Waals surface area (Å²) in [5, 5.41) is 0. The molecule has 0 saturated carbocycles. The Morgan fingerprint density at radius 3 is 2.27 bits per heavy atom. The fourth-order valence-electron chi connectivity index (χ4n) is 3.19. The first-order valence-electron chi connectivity index (χ1n) is 8.65. The van der Waals surface area contributed by atoms with Crippen LogP contribution in [0.1, 0.15) is 25.3 Å². The maximum absolute atomic E-state index is 12.7. The summed E-state index contributed by atoms with van der Waals surface area (Å²) in [5.74, 6) is 0.0199. The Kier molecular flexibility index (Phi) is 8.93. The summed E-state index contributed by atoms with van der Waals surface area (Å²) in [6.45, 7) is 4.44. The Hall–Kier alpha value is -1.75. The van der Waals surface area contributed by atoms with Gasteiger partial charge in [0, 0.05) is 19.6 Å². The van der Waals surface area contributed by atoms with Gasteiger partial charge in [-0.2, -0.15) is 0 Å². The number of carbonyl (C=O) groups is 1. The van der Waals surface area contributed by atoms with Gasteiger partial charge in [-0.3, -0.25) is 4.79 Å². The number of nitrogens with zero attached hydrogens (tertiary/aromatic N) is 2. The predicted octanol–water partition coefficient (Wildman–Crippen LogP) is 4.01. The summed E-state index contributed by atoms with van der Waals surface area (Å²) in [5.41, 5.74) is 9.36. The Labute approximate surface area is 168 Å². The first-order chi connectivity index (χ1) is 11.7. The second kappa shape index (κ2) is 10.4. The first kappa shape index (κ1) is 22.3. The molecule has 142 valence electrons. The number of hydrogen-bond acceptors (Lipinski definition) is 3. The van der Waals surface area contributed by atoms with Gasteiger partial charge in [0.25, 0.3) is 0 Å². The molecule has 0 unspecified atom stereocenters. The van der Waals surface area contributed by atoms with E-state index in [2.05, 4.69) is 35.2 Å². The van der Waals surface area contributed by atoms with E-state index in [9.17, 15) is 4.79 Å². The number of nitrogens with two attached hydrogens (primary N) is 1. The van der Waals surface area contributed by atoms with Gasteiger partial charge < -0.3 is 15.5 Å². The molecule has 3 rings (SSSR count). The lowest BCUT2D eigenvalue weighted by atomic mass is 10.1. The number of para-hydroxylation sites is 2. The van der Waals surface area contributed by atoms with Crippen LogP contribution in [0.25, 0.3) is 0 Å². The molecule has 26 heavy (non-hydrogen) atoms. The smallest absolute Gasteiger partial charge is 0.243 e. The molecule has 2 aromatic carbocycles. The van der Waals surface area contributed by atoms with E-state index in [1.54, 1.807) is 0 Å². The molecular weight excluding hydrogens is 369 g/mol. The van der Waals surface area contributed by atoms with Gasteiger partial charge in [0.2, 0.25) is 5.91 Å². The minimum absolute atomic E-state index is 0. The minimum Gasteiger partial charge on any atom is -0.365 e. The van der Waals surface area contributed by atoms with Gasteiger partial charge in [0.15, 0.2) is 0 Å². The minimum atomic E-state index is -0.432. The third kappa shape index (κ3) is 4.91. The molecule has 0 aliphatic carbocycles. The largest absolute Gasteiger partial charge is 0.365 e. The molecule has 1 atom stereocenters. The number of anilines is 2. The number of carbonyl (C=O) groups excluding carboxylic acids is 1. The topological polar surface area (TPSA) is 49.6 Å². The zero-order valence-corrected chi connectivity index (χ0v) is 16.6. The number of hydrogen-bond donors (Lipinski definition) is 1. The third-order valence-electron chi connectivity index (χ3n) is 4.56. The SMILES string of the molecule is CC[C@H](N)C(=O)N1CCCN(Cc2ccccc2)c2ccccc21.Cl.Cl. The van der Waals surface area contributed by atoms with Crippen LogP contribution in [0.2, 0.25) is 0 Å². The van der Waals surface area contributed by atoms with E-state index in [1.807, 2.05) is 36.1 Å². The highest BCUT2D eigenvalue weighted by atomic mass is 35.5. The zero-order valence-electron chi connectivity index (χ0n) is 15.0. The van der Waals surface area contributed by atoms with Crippen LogP contribution >= 0.6 is 24.8 Å². The number of rotatable bonds is 4. The van der Waals surface area contributed by atoms with Crippen LogP contribution in [0.3, 0.4) is 0 Å². The zero-order chi connectivity index (χ0) is 16.9. The fourth-order valence-corrected chi connectivity index (χ4v) is 3.19. The molecule has 2 aromatic rings. The highest BCUT2D eigenvalue weighted by molar-refractivity contribution is 6.00. The standard InChI is InChI=1S/C20H25N3O.2ClH/c1-2-17(21)20(24)23-14-8-13-22(15-16-9-4-3-5-10-16)18-11-6-7-12-19(18)23;;/h3-7,9-12,17H,2,8,13-15,21H2,1H3;2*1H/t17-;;/m0../s1. The quantitative estimate of drug-likeness (QED) is 0.850. The van der Waals surface area contributed by atoms with Crippen LogP contribution in [0, 0.1) is 0 Å². The van der Waals surface area contributed by atoms with E-state index >= 15 is 0 Å². The monoisotopic (exact) mass is 395 g/mol. The van der Waals surface area contributed by atoms with Crippen LogP contribution in [0.5, 0.6) is 0 Å². The average molecular weight is 396 g/mol. The van der Waals surface area contributed by atoms with Crippen LogP contribution < -0.4 is 15.5 Å². The Balaban J connectivity index is 0.00000169. The molecule has 0 saturated heterocycles. The van der Waals surface area contributed by atoms with Crippen molar-refractivity contribution in [3.63, 3.8) is 0 Å². The van der Waals surface area contributed by atoms with Crippen molar-refractivity contribution in [3.8, 4) is 0 Å². The second-order valence-electron chi connectivity index (χ2n) is 6.25. The van der Waals surface area contributed by atoms with Gasteiger partial charge in [-0.05, 0) is 30.5 Å². The Bertz CT molecular complexity index is 696. The van der Waals surface area contributed by atoms with Crippen molar-refractivity contribution in [1.82, 2.24) is 0 Å². The molecule has 1 amide bonds. The molecular formula is C20H27Cl2N3O. The van der Waals surface area contributed by atoms with Crippen LogP contribution in [-0.2, 0) is 11.3 Å². The molecule has 6 heteroatoms. The van der Waals surface area contributed by atoms with Crippen molar-refractivity contribution in [2.24, 2.45) is 5.73 Å².